The summed E-state index contributed by atoms with van der Waals surface area (Å²) in [6.45, 7) is 2.10. The van der Waals surface area contributed by atoms with Gasteiger partial charge in [0.2, 0.25) is 5.91 Å². The topological polar surface area (TPSA) is 105 Å². The largest absolute Gasteiger partial charge is 0.484 e. The first-order valence-electron chi connectivity index (χ1n) is 13.5. The molecule has 8 nitrogen and oxygen atoms in total. The van der Waals surface area contributed by atoms with Gasteiger partial charge in [0.1, 0.15) is 17.6 Å². The van der Waals surface area contributed by atoms with Crippen molar-refractivity contribution < 1.29 is 27.1 Å². The van der Waals surface area contributed by atoms with Crippen LogP contribution in [0.5, 0.6) is 5.75 Å². The highest BCUT2D eigenvalue weighted by Gasteiger charge is 2.31. The van der Waals surface area contributed by atoms with Crippen molar-refractivity contribution in [2.24, 2.45) is 0 Å². The zero-order chi connectivity index (χ0) is 30.8. The first kappa shape index (κ1) is 31.5. The molecule has 0 spiro atoms. The number of amides is 2. The Balaban J connectivity index is 1.53. The summed E-state index contributed by atoms with van der Waals surface area (Å²) in [7, 11) is -3.94. The number of ether oxygens (including phenoxy) is 1. The molecule has 0 aromatic heterocycles. The monoisotopic (exact) mass is 623 g/mol. The number of benzene rings is 4. The maximum Gasteiger partial charge on any atom is 0.261 e. The molecule has 224 valence electrons. The Morgan fingerprint density at radius 1 is 0.907 bits per heavy atom. The van der Waals surface area contributed by atoms with Crippen LogP contribution in [0.4, 0.5) is 10.1 Å². The molecule has 0 fully saturated rings. The van der Waals surface area contributed by atoms with E-state index in [2.05, 4.69) is 10.0 Å². The van der Waals surface area contributed by atoms with Gasteiger partial charge in [-0.15, -0.1) is 0 Å². The maximum absolute atomic E-state index is 13.7. The highest BCUT2D eigenvalue weighted by Crippen LogP contribution is 2.25. The summed E-state index contributed by atoms with van der Waals surface area (Å²) in [5, 5.41) is 3.44. The second-order valence-corrected chi connectivity index (χ2v) is 11.7. The van der Waals surface area contributed by atoms with Crippen molar-refractivity contribution in [3.8, 4) is 5.75 Å². The van der Waals surface area contributed by atoms with E-state index in [0.29, 0.717) is 17.1 Å². The standard InChI is InChI=1S/C32H31ClFN3O5S/c1-2-20-35-32(39)31(24-6-4-3-5-7-24)37(21-23-8-10-25(33)11-9-23)30(38)22-42-28-16-18-29(19-17-28)43(40,41)36-27-14-12-26(34)13-15-27/h3-19,31,36H,2,20-22H2,1H3,(H,35,39)/t31-/m0/s1. The van der Waals surface area contributed by atoms with E-state index in [0.717, 1.165) is 24.1 Å². The molecule has 0 heterocycles. The highest BCUT2D eigenvalue weighted by atomic mass is 35.5. The molecule has 0 bridgehead atoms. The van der Waals surface area contributed by atoms with Crippen LogP contribution < -0.4 is 14.8 Å². The summed E-state index contributed by atoms with van der Waals surface area (Å²) in [6, 6.07) is 25.6. The second-order valence-electron chi connectivity index (χ2n) is 9.62. The van der Waals surface area contributed by atoms with Crippen molar-refractivity contribution in [2.75, 3.05) is 17.9 Å². The lowest BCUT2D eigenvalue weighted by molar-refractivity contribution is -0.143. The van der Waals surface area contributed by atoms with Gasteiger partial charge in [-0.2, -0.15) is 0 Å². The van der Waals surface area contributed by atoms with Crippen LogP contribution in [-0.4, -0.2) is 38.3 Å². The van der Waals surface area contributed by atoms with E-state index in [9.17, 15) is 22.4 Å². The van der Waals surface area contributed by atoms with Gasteiger partial charge in [0.05, 0.1) is 4.90 Å². The highest BCUT2D eigenvalue weighted by molar-refractivity contribution is 7.92. The lowest BCUT2D eigenvalue weighted by Gasteiger charge is -2.31. The summed E-state index contributed by atoms with van der Waals surface area (Å²) >= 11 is 6.06. The van der Waals surface area contributed by atoms with Crippen LogP contribution in [0.1, 0.15) is 30.5 Å². The smallest absolute Gasteiger partial charge is 0.261 e. The third kappa shape index (κ3) is 8.79. The fourth-order valence-corrected chi connectivity index (χ4v) is 5.42. The minimum Gasteiger partial charge on any atom is -0.484 e. The fraction of sp³-hybridized carbons (Fsp3) is 0.188. The van der Waals surface area contributed by atoms with E-state index in [1.807, 2.05) is 13.0 Å². The zero-order valence-corrected chi connectivity index (χ0v) is 24.9. The van der Waals surface area contributed by atoms with Crippen molar-refractivity contribution >= 4 is 39.1 Å². The average molecular weight is 624 g/mol. The van der Waals surface area contributed by atoms with Gasteiger partial charge in [-0.3, -0.25) is 14.3 Å². The maximum atomic E-state index is 13.7. The predicted molar refractivity (Wildman–Crippen MR) is 164 cm³/mol. The Bertz CT molecular complexity index is 1620. The molecule has 2 N–H and O–H groups in total. The lowest BCUT2D eigenvalue weighted by Crippen LogP contribution is -2.45. The van der Waals surface area contributed by atoms with Crippen molar-refractivity contribution in [3.05, 3.63) is 125 Å². The number of sulfonamides is 1. The molecule has 4 rings (SSSR count). The number of halogens is 2. The van der Waals surface area contributed by atoms with Crippen LogP contribution in [-0.2, 0) is 26.2 Å². The van der Waals surface area contributed by atoms with Gasteiger partial charge in [-0.05, 0) is 78.2 Å². The van der Waals surface area contributed by atoms with Gasteiger partial charge < -0.3 is 15.0 Å². The third-order valence-corrected chi connectivity index (χ3v) is 8.05. The molecule has 11 heteroatoms. The van der Waals surface area contributed by atoms with Gasteiger partial charge in [-0.25, -0.2) is 12.8 Å². The van der Waals surface area contributed by atoms with Crippen LogP contribution in [0.3, 0.4) is 0 Å². The Morgan fingerprint density at radius 3 is 2.19 bits per heavy atom. The number of anilines is 1. The molecule has 0 aliphatic heterocycles. The van der Waals surface area contributed by atoms with Gasteiger partial charge in [-0.1, -0.05) is 61.0 Å². The predicted octanol–water partition coefficient (Wildman–Crippen LogP) is 5.96. The van der Waals surface area contributed by atoms with Gasteiger partial charge in [0.25, 0.3) is 15.9 Å². The van der Waals surface area contributed by atoms with E-state index >= 15 is 0 Å². The molecule has 43 heavy (non-hydrogen) atoms. The van der Waals surface area contributed by atoms with Crippen LogP contribution in [0, 0.1) is 5.82 Å². The molecule has 4 aromatic rings. The van der Waals surface area contributed by atoms with E-state index in [4.69, 9.17) is 16.3 Å². The third-order valence-electron chi connectivity index (χ3n) is 6.40. The SMILES string of the molecule is CCCNC(=O)[C@H](c1ccccc1)N(Cc1ccc(Cl)cc1)C(=O)COc1ccc(S(=O)(=O)Nc2ccc(F)cc2)cc1. The summed E-state index contributed by atoms with van der Waals surface area (Å²) in [5.74, 6) is -1.00. The van der Waals surface area contributed by atoms with Crippen LogP contribution in [0.15, 0.2) is 108 Å². The van der Waals surface area contributed by atoms with E-state index in [1.54, 1.807) is 48.5 Å². The van der Waals surface area contributed by atoms with Crippen molar-refractivity contribution in [3.63, 3.8) is 0 Å². The molecular formula is C32H31ClFN3O5S. The summed E-state index contributed by atoms with van der Waals surface area (Å²) in [5.41, 5.74) is 1.62. The van der Waals surface area contributed by atoms with Crippen molar-refractivity contribution in [1.29, 1.82) is 0 Å². The average Bonchev–Trinajstić information content (AvgIpc) is 3.01. The molecule has 1 atom stereocenters. The van der Waals surface area contributed by atoms with Gasteiger partial charge in [0.15, 0.2) is 6.61 Å². The molecule has 0 saturated carbocycles. The fourth-order valence-electron chi connectivity index (χ4n) is 4.24. The van der Waals surface area contributed by atoms with Crippen LogP contribution >= 0.6 is 11.6 Å². The first-order valence-corrected chi connectivity index (χ1v) is 15.4. The number of nitrogens with zero attached hydrogens (tertiary/aromatic N) is 1. The number of rotatable bonds is 13. The Kier molecular flexibility index (Phi) is 10.7. The van der Waals surface area contributed by atoms with E-state index < -0.39 is 34.4 Å². The summed E-state index contributed by atoms with van der Waals surface area (Å²) in [6.07, 6.45) is 0.729. The van der Waals surface area contributed by atoms with Crippen molar-refractivity contribution in [1.82, 2.24) is 10.2 Å². The van der Waals surface area contributed by atoms with E-state index in [-0.39, 0.29) is 28.8 Å². The van der Waals surface area contributed by atoms with Crippen LogP contribution in [0.25, 0.3) is 0 Å². The summed E-state index contributed by atoms with van der Waals surface area (Å²) in [4.78, 5) is 28.5. The molecule has 0 radical (unpaired) electrons. The number of nitrogens with one attached hydrogen (secondary N) is 2. The second kappa shape index (κ2) is 14.7. The lowest BCUT2D eigenvalue weighted by atomic mass is 10.0. The Labute approximate surface area is 255 Å². The number of hydrogen-bond donors (Lipinski definition) is 2. The minimum atomic E-state index is -3.94. The molecule has 0 aliphatic carbocycles. The van der Waals surface area contributed by atoms with Gasteiger partial charge in [0, 0.05) is 23.8 Å². The molecule has 0 unspecified atom stereocenters. The molecular weight excluding hydrogens is 593 g/mol. The van der Waals surface area contributed by atoms with Crippen molar-refractivity contribution in [2.45, 2.75) is 30.8 Å². The molecule has 0 aliphatic rings. The Hall–Kier alpha value is -4.41. The van der Waals surface area contributed by atoms with E-state index in [1.165, 1.54) is 41.3 Å². The number of carbonyl (C=O) groups excluding carboxylic acids is 2. The summed E-state index contributed by atoms with van der Waals surface area (Å²) < 4.78 is 46.8. The number of carbonyl (C=O) groups is 2. The Morgan fingerprint density at radius 2 is 1.56 bits per heavy atom. The molecule has 2 amide bonds. The minimum absolute atomic E-state index is 0.0448. The van der Waals surface area contributed by atoms with Gasteiger partial charge >= 0.3 is 0 Å². The molecule has 4 aromatic carbocycles. The zero-order valence-electron chi connectivity index (χ0n) is 23.4. The van der Waals surface area contributed by atoms with Crippen LogP contribution in [0.2, 0.25) is 5.02 Å². The quantitative estimate of drug-likeness (QED) is 0.191. The number of hydrogen-bond acceptors (Lipinski definition) is 5. The molecule has 0 saturated heterocycles. The first-order chi connectivity index (χ1) is 20.7. The normalized spacial score (nSPS) is 11.8.